The van der Waals surface area contributed by atoms with Crippen molar-refractivity contribution < 1.29 is 14.7 Å². The van der Waals surface area contributed by atoms with Crippen LogP contribution in [0.5, 0.6) is 0 Å². The molecule has 1 aromatic rings. The van der Waals surface area contributed by atoms with Gasteiger partial charge in [0.15, 0.2) is 0 Å². The van der Waals surface area contributed by atoms with E-state index in [0.717, 1.165) is 11.3 Å². The molecule has 2 amide bonds. The van der Waals surface area contributed by atoms with Crippen molar-refractivity contribution in [1.29, 1.82) is 0 Å². The van der Waals surface area contributed by atoms with Crippen molar-refractivity contribution in [1.82, 2.24) is 4.90 Å². The molecule has 21 heavy (non-hydrogen) atoms. The van der Waals surface area contributed by atoms with E-state index in [4.69, 9.17) is 5.11 Å². The highest BCUT2D eigenvalue weighted by molar-refractivity contribution is 5.91. The monoisotopic (exact) mass is 292 g/mol. The van der Waals surface area contributed by atoms with Crippen molar-refractivity contribution in [3.05, 3.63) is 29.8 Å². The smallest absolute Gasteiger partial charge is 0.324 e. The summed E-state index contributed by atoms with van der Waals surface area (Å²) in [4.78, 5) is 26.5. The van der Waals surface area contributed by atoms with Gasteiger partial charge in [-0.1, -0.05) is 12.1 Å². The summed E-state index contributed by atoms with van der Waals surface area (Å²) in [6.45, 7) is 6.29. The van der Waals surface area contributed by atoms with Gasteiger partial charge in [-0.3, -0.25) is 9.69 Å². The number of carboxylic acid groups (broad SMARTS) is 1. The van der Waals surface area contributed by atoms with Gasteiger partial charge in [-0.2, -0.15) is 0 Å². The van der Waals surface area contributed by atoms with Crippen LogP contribution in [0.2, 0.25) is 0 Å². The van der Waals surface area contributed by atoms with E-state index in [2.05, 4.69) is 0 Å². The third kappa shape index (κ3) is 5.10. The summed E-state index contributed by atoms with van der Waals surface area (Å²) in [5, 5.41) is 8.71. The van der Waals surface area contributed by atoms with E-state index in [9.17, 15) is 9.59 Å². The van der Waals surface area contributed by atoms with Gasteiger partial charge in [0.1, 0.15) is 0 Å². The molecule has 1 rings (SSSR count). The Morgan fingerprint density at radius 2 is 1.95 bits per heavy atom. The Kier molecular flexibility index (Phi) is 6.21. The summed E-state index contributed by atoms with van der Waals surface area (Å²) >= 11 is 0. The molecule has 0 aliphatic heterocycles. The first kappa shape index (κ1) is 17.0. The summed E-state index contributed by atoms with van der Waals surface area (Å²) < 4.78 is 0. The summed E-state index contributed by atoms with van der Waals surface area (Å²) in [7, 11) is 1.74. The highest BCUT2D eigenvalue weighted by Gasteiger charge is 2.21. The molecule has 5 heteroatoms. The Labute approximate surface area is 126 Å². The van der Waals surface area contributed by atoms with Crippen molar-refractivity contribution in [3.63, 3.8) is 0 Å². The maximum Gasteiger partial charge on any atom is 0.324 e. The van der Waals surface area contributed by atoms with Crippen molar-refractivity contribution >= 4 is 17.7 Å². The minimum Gasteiger partial charge on any atom is -0.481 e. The summed E-state index contributed by atoms with van der Waals surface area (Å²) in [5.74, 6) is -0.835. The molecular formula is C16H24N2O3. The molecule has 0 bridgehead atoms. The largest absolute Gasteiger partial charge is 0.481 e. The molecule has 0 heterocycles. The number of carboxylic acids is 1. The van der Waals surface area contributed by atoms with Crippen molar-refractivity contribution in [2.45, 2.75) is 39.7 Å². The minimum atomic E-state index is -0.835. The SMILES string of the molecule is Cc1cccc(N(C)C(=O)N(CCCC(=O)O)C(C)C)c1. The van der Waals surface area contributed by atoms with Crippen LogP contribution in [0.3, 0.4) is 0 Å². The van der Waals surface area contributed by atoms with Crippen LogP contribution in [0.25, 0.3) is 0 Å². The maximum absolute atomic E-state index is 12.6. The quantitative estimate of drug-likeness (QED) is 0.876. The molecule has 0 saturated carbocycles. The van der Waals surface area contributed by atoms with Crippen LogP contribution >= 0.6 is 0 Å². The maximum atomic E-state index is 12.6. The number of anilines is 1. The zero-order valence-corrected chi connectivity index (χ0v) is 13.2. The number of aliphatic carboxylic acids is 1. The van der Waals surface area contributed by atoms with Gasteiger partial charge in [0.05, 0.1) is 0 Å². The summed E-state index contributed by atoms with van der Waals surface area (Å²) in [6, 6.07) is 7.65. The fraction of sp³-hybridized carbons (Fsp3) is 0.500. The second-order valence-electron chi connectivity index (χ2n) is 5.47. The molecule has 0 aliphatic rings. The lowest BCUT2D eigenvalue weighted by molar-refractivity contribution is -0.137. The number of aryl methyl sites for hydroxylation is 1. The molecule has 116 valence electrons. The Balaban J connectivity index is 2.77. The Bertz CT molecular complexity index is 500. The number of rotatable bonds is 6. The molecule has 0 unspecified atom stereocenters. The van der Waals surface area contributed by atoms with Crippen LogP contribution in [-0.2, 0) is 4.79 Å². The lowest BCUT2D eigenvalue weighted by Crippen LogP contribution is -2.45. The zero-order valence-electron chi connectivity index (χ0n) is 13.2. The van der Waals surface area contributed by atoms with Crippen LogP contribution in [0.15, 0.2) is 24.3 Å². The van der Waals surface area contributed by atoms with Gasteiger partial charge < -0.3 is 10.0 Å². The van der Waals surface area contributed by atoms with Gasteiger partial charge >= 0.3 is 12.0 Å². The average Bonchev–Trinajstić information content (AvgIpc) is 2.41. The lowest BCUT2D eigenvalue weighted by atomic mass is 10.2. The van der Waals surface area contributed by atoms with Crippen LogP contribution in [0.4, 0.5) is 10.5 Å². The Hall–Kier alpha value is -2.04. The van der Waals surface area contributed by atoms with Gasteiger partial charge in [0, 0.05) is 31.7 Å². The van der Waals surface area contributed by atoms with Crippen molar-refractivity contribution in [2.24, 2.45) is 0 Å². The zero-order chi connectivity index (χ0) is 16.0. The molecule has 0 atom stereocenters. The number of nitrogens with zero attached hydrogens (tertiary/aromatic N) is 2. The second-order valence-corrected chi connectivity index (χ2v) is 5.47. The predicted octanol–water partition coefficient (Wildman–Crippen LogP) is 3.13. The van der Waals surface area contributed by atoms with E-state index in [1.165, 1.54) is 0 Å². The standard InChI is InChI=1S/C16H24N2O3/c1-12(2)18(10-6-9-15(19)20)16(21)17(4)14-8-5-7-13(3)11-14/h5,7-8,11-12H,6,9-10H2,1-4H3,(H,19,20). The molecule has 5 nitrogen and oxygen atoms in total. The number of benzene rings is 1. The molecule has 0 aromatic heterocycles. The highest BCUT2D eigenvalue weighted by atomic mass is 16.4. The molecule has 0 spiro atoms. The number of carbonyl (C=O) groups is 2. The average molecular weight is 292 g/mol. The van der Waals surface area contributed by atoms with E-state index in [0.29, 0.717) is 13.0 Å². The van der Waals surface area contributed by atoms with E-state index >= 15 is 0 Å². The first-order chi connectivity index (χ1) is 9.82. The van der Waals surface area contributed by atoms with Crippen molar-refractivity contribution in [2.75, 3.05) is 18.5 Å². The summed E-state index contributed by atoms with van der Waals surface area (Å²) in [5.41, 5.74) is 1.93. The molecule has 1 N–H and O–H groups in total. The van der Waals surface area contributed by atoms with Crippen LogP contribution in [0.1, 0.15) is 32.3 Å². The first-order valence-corrected chi connectivity index (χ1v) is 7.15. The van der Waals surface area contributed by atoms with Crippen molar-refractivity contribution in [3.8, 4) is 0 Å². The normalized spacial score (nSPS) is 10.5. The van der Waals surface area contributed by atoms with Gasteiger partial charge in [-0.05, 0) is 44.9 Å². The fourth-order valence-electron chi connectivity index (χ4n) is 2.12. The molecule has 0 aliphatic carbocycles. The van der Waals surface area contributed by atoms with Gasteiger partial charge in [0.2, 0.25) is 0 Å². The van der Waals surface area contributed by atoms with Gasteiger partial charge in [-0.15, -0.1) is 0 Å². The predicted molar refractivity (Wildman–Crippen MR) is 83.7 cm³/mol. The first-order valence-electron chi connectivity index (χ1n) is 7.15. The third-order valence-corrected chi connectivity index (χ3v) is 3.33. The second kappa shape index (κ2) is 7.67. The van der Waals surface area contributed by atoms with E-state index in [1.54, 1.807) is 16.8 Å². The number of hydrogen-bond donors (Lipinski definition) is 1. The van der Waals surface area contributed by atoms with Gasteiger partial charge in [0.25, 0.3) is 0 Å². The lowest BCUT2D eigenvalue weighted by Gasteiger charge is -2.31. The minimum absolute atomic E-state index is 0.0264. The molecule has 0 saturated heterocycles. The number of carbonyl (C=O) groups excluding carboxylic acids is 1. The van der Waals surface area contributed by atoms with Crippen LogP contribution in [-0.4, -0.2) is 41.6 Å². The third-order valence-electron chi connectivity index (χ3n) is 3.33. The van der Waals surface area contributed by atoms with Crippen LogP contribution < -0.4 is 4.90 Å². The molecular weight excluding hydrogens is 268 g/mol. The number of hydrogen-bond acceptors (Lipinski definition) is 2. The molecule has 0 radical (unpaired) electrons. The topological polar surface area (TPSA) is 60.9 Å². The van der Waals surface area contributed by atoms with E-state index < -0.39 is 5.97 Å². The van der Waals surface area contributed by atoms with Gasteiger partial charge in [-0.25, -0.2) is 4.79 Å². The van der Waals surface area contributed by atoms with E-state index in [-0.39, 0.29) is 18.5 Å². The fourth-order valence-corrected chi connectivity index (χ4v) is 2.12. The van der Waals surface area contributed by atoms with Crippen LogP contribution in [0, 0.1) is 6.92 Å². The number of amides is 2. The highest BCUT2D eigenvalue weighted by Crippen LogP contribution is 2.17. The van der Waals surface area contributed by atoms with E-state index in [1.807, 2.05) is 45.0 Å². The molecule has 0 fully saturated rings. The Morgan fingerprint density at radius 3 is 2.48 bits per heavy atom. The number of urea groups is 1. The summed E-state index contributed by atoms with van der Waals surface area (Å²) in [6.07, 6.45) is 0.533. The Morgan fingerprint density at radius 1 is 1.29 bits per heavy atom. The molecule has 1 aromatic carbocycles.